The lowest BCUT2D eigenvalue weighted by atomic mass is 9.46. The standard InChI is InChI=1S/C24H32O6/c1-21(2)29-19-10-16-15-6-5-13-9-14(26)7-8-22(13,3)20(15)17(27)11-23(16,4)24(19,30-21)18(28)12-25/h7-9,15-17,19-20,25,27H,5-6,10-12H2,1-4H3/t15-,16-,17-,19+,20+,22-,23-,24+/m1/s1/i1+1,2+1,21+1. The Morgan fingerprint density at radius 1 is 1.27 bits per heavy atom. The minimum absolute atomic E-state index is 0.0167. The molecule has 0 spiro atoms. The second-order valence-corrected chi connectivity index (χ2v) is 10.9. The van der Waals surface area contributed by atoms with E-state index in [1.165, 1.54) is 0 Å². The second-order valence-electron chi connectivity index (χ2n) is 10.9. The Labute approximate surface area is 177 Å². The highest BCUT2D eigenvalue weighted by Gasteiger charge is 2.76. The summed E-state index contributed by atoms with van der Waals surface area (Å²) in [4.78, 5) is 25.1. The number of aliphatic hydroxyl groups excluding tert-OH is 2. The lowest BCUT2D eigenvalue weighted by Crippen LogP contribution is -2.63. The Morgan fingerprint density at radius 2 is 2.00 bits per heavy atom. The molecule has 0 aromatic heterocycles. The lowest BCUT2D eigenvalue weighted by molar-refractivity contribution is -0.225. The monoisotopic (exact) mass is 419 g/mol. The number of rotatable bonds is 2. The number of carbonyl (C=O) groups is 2. The normalized spacial score (nSPS) is 50.9. The van der Waals surface area contributed by atoms with Crippen molar-refractivity contribution in [3.8, 4) is 0 Å². The van der Waals surface area contributed by atoms with Gasteiger partial charge in [-0.25, -0.2) is 0 Å². The number of Topliss-reactive ketones (excluding diaryl/α,β-unsaturated/α-hetero) is 1. The third kappa shape index (κ3) is 2.34. The van der Waals surface area contributed by atoms with Gasteiger partial charge in [-0.05, 0) is 63.5 Å². The third-order valence-corrected chi connectivity index (χ3v) is 9.05. The van der Waals surface area contributed by atoms with E-state index in [-0.39, 0.29) is 34.7 Å². The molecule has 4 fully saturated rings. The van der Waals surface area contributed by atoms with Crippen LogP contribution in [0.3, 0.4) is 0 Å². The van der Waals surface area contributed by atoms with E-state index >= 15 is 0 Å². The lowest BCUT2D eigenvalue weighted by Gasteiger charge is -2.59. The first kappa shape index (κ1) is 20.6. The summed E-state index contributed by atoms with van der Waals surface area (Å²) >= 11 is 0. The van der Waals surface area contributed by atoms with Crippen molar-refractivity contribution in [2.45, 2.75) is 77.0 Å². The molecule has 30 heavy (non-hydrogen) atoms. The van der Waals surface area contributed by atoms with Gasteiger partial charge < -0.3 is 19.7 Å². The van der Waals surface area contributed by atoms with Gasteiger partial charge in [-0.15, -0.1) is 0 Å². The van der Waals surface area contributed by atoms with Gasteiger partial charge in [0.05, 0.1) is 12.2 Å². The van der Waals surface area contributed by atoms with Gasteiger partial charge in [-0.2, -0.15) is 0 Å². The molecule has 6 nitrogen and oxygen atoms in total. The molecule has 0 aromatic carbocycles. The largest absolute Gasteiger partial charge is 0.393 e. The minimum Gasteiger partial charge on any atom is -0.393 e. The van der Waals surface area contributed by atoms with Crippen LogP contribution in [-0.4, -0.2) is 52.0 Å². The maximum Gasteiger partial charge on any atom is 0.193 e. The molecule has 6 heteroatoms. The Kier molecular flexibility index (Phi) is 4.20. The topological polar surface area (TPSA) is 93.1 Å². The summed E-state index contributed by atoms with van der Waals surface area (Å²) in [6, 6.07) is 0. The van der Waals surface area contributed by atoms with Gasteiger partial charge >= 0.3 is 0 Å². The molecule has 0 amide bonds. The molecule has 1 heterocycles. The van der Waals surface area contributed by atoms with Crippen molar-refractivity contribution < 1.29 is 29.3 Å². The fourth-order valence-corrected chi connectivity index (χ4v) is 8.04. The SMILES string of the molecule is C[C@@]12C=CC(=O)C=C1CC[C@H]1[C@H]2[C@H](O)C[C@]2(C)[C@@H]1C[C@@H]1O[13C]([13CH3])([13CH3])O[C@@]12C(=O)CO. The van der Waals surface area contributed by atoms with E-state index in [0.717, 1.165) is 18.4 Å². The number of hydrogen-bond acceptors (Lipinski definition) is 6. The van der Waals surface area contributed by atoms with Crippen LogP contribution in [0, 0.1) is 28.6 Å². The Balaban J connectivity index is 1.59. The molecule has 4 aliphatic carbocycles. The number of carbonyl (C=O) groups excluding carboxylic acids is 2. The van der Waals surface area contributed by atoms with Gasteiger partial charge in [0.2, 0.25) is 0 Å². The van der Waals surface area contributed by atoms with Crippen LogP contribution in [0.25, 0.3) is 0 Å². The van der Waals surface area contributed by atoms with Crippen molar-refractivity contribution in [2.24, 2.45) is 28.6 Å². The van der Waals surface area contributed by atoms with E-state index in [2.05, 4.69) is 6.92 Å². The van der Waals surface area contributed by atoms with Crippen LogP contribution in [0.15, 0.2) is 23.8 Å². The van der Waals surface area contributed by atoms with Crippen molar-refractivity contribution in [3.63, 3.8) is 0 Å². The highest BCUT2D eigenvalue weighted by molar-refractivity contribution is 6.01. The smallest absolute Gasteiger partial charge is 0.193 e. The Bertz CT molecular complexity index is 873. The summed E-state index contributed by atoms with van der Waals surface area (Å²) in [5.74, 6) is -0.947. The summed E-state index contributed by atoms with van der Waals surface area (Å²) in [5.41, 5.74) is -1.12. The average molecular weight is 419 g/mol. The third-order valence-electron chi connectivity index (χ3n) is 9.05. The fourth-order valence-electron chi connectivity index (χ4n) is 8.04. The number of fused-ring (bicyclic) bond motifs is 7. The van der Waals surface area contributed by atoms with Crippen LogP contribution in [-0.2, 0) is 19.1 Å². The van der Waals surface area contributed by atoms with Crippen molar-refractivity contribution >= 4 is 11.6 Å². The van der Waals surface area contributed by atoms with Gasteiger partial charge in [0.15, 0.2) is 23.0 Å². The molecular weight excluding hydrogens is 387 g/mol. The second kappa shape index (κ2) is 6.12. The van der Waals surface area contributed by atoms with Crippen LogP contribution < -0.4 is 0 Å². The molecule has 164 valence electrons. The maximum atomic E-state index is 13.2. The van der Waals surface area contributed by atoms with E-state index in [9.17, 15) is 19.8 Å². The average Bonchev–Trinajstić information content (AvgIpc) is 3.07. The van der Waals surface area contributed by atoms with Crippen LogP contribution >= 0.6 is 0 Å². The van der Waals surface area contributed by atoms with Crippen LogP contribution in [0.2, 0.25) is 0 Å². The fraction of sp³-hybridized carbons (Fsp3) is 0.750. The molecule has 3 saturated carbocycles. The van der Waals surface area contributed by atoms with E-state index in [1.54, 1.807) is 26.0 Å². The molecule has 5 aliphatic rings. The number of hydrogen-bond donors (Lipinski definition) is 2. The van der Waals surface area contributed by atoms with Crippen molar-refractivity contribution in [1.82, 2.24) is 0 Å². The summed E-state index contributed by atoms with van der Waals surface area (Å²) in [6.45, 7) is 7.19. The van der Waals surface area contributed by atoms with Crippen molar-refractivity contribution in [2.75, 3.05) is 6.61 Å². The van der Waals surface area contributed by atoms with Crippen molar-refractivity contribution in [3.05, 3.63) is 23.8 Å². The van der Waals surface area contributed by atoms with E-state index in [4.69, 9.17) is 9.47 Å². The number of ketones is 2. The molecule has 0 bridgehead atoms. The first-order chi connectivity index (χ1) is 14.0. The predicted molar refractivity (Wildman–Crippen MR) is 108 cm³/mol. The molecule has 1 aliphatic heterocycles. The number of allylic oxidation sites excluding steroid dienone is 4. The summed E-state index contributed by atoms with van der Waals surface area (Å²) in [6.07, 6.45) is 7.04. The first-order valence-electron chi connectivity index (χ1n) is 11.1. The van der Waals surface area contributed by atoms with E-state index in [0.29, 0.717) is 12.8 Å². The highest BCUT2D eigenvalue weighted by atomic mass is 16.9. The molecule has 0 aromatic rings. The summed E-state index contributed by atoms with van der Waals surface area (Å²) in [7, 11) is 0. The molecule has 8 atom stereocenters. The Morgan fingerprint density at radius 3 is 2.70 bits per heavy atom. The molecular formula is C24H32O6. The molecule has 1 saturated heterocycles. The maximum absolute atomic E-state index is 13.2. The molecule has 0 unspecified atom stereocenters. The molecule has 0 radical (unpaired) electrons. The quantitative estimate of drug-likeness (QED) is 0.668. The minimum atomic E-state index is -1.24. The van der Waals surface area contributed by atoms with Gasteiger partial charge in [-0.3, -0.25) is 9.59 Å². The van der Waals surface area contributed by atoms with Gasteiger partial charge in [0.1, 0.15) is 6.61 Å². The van der Waals surface area contributed by atoms with Crippen LogP contribution in [0.5, 0.6) is 0 Å². The predicted octanol–water partition coefficient (Wildman–Crippen LogP) is 2.33. The zero-order valence-electron chi connectivity index (χ0n) is 18.2. The molecule has 5 rings (SSSR count). The van der Waals surface area contributed by atoms with Crippen molar-refractivity contribution in [1.29, 1.82) is 0 Å². The Hall–Kier alpha value is -1.34. The van der Waals surface area contributed by atoms with Crippen LogP contribution in [0.4, 0.5) is 0 Å². The van der Waals surface area contributed by atoms with E-state index < -0.39 is 35.6 Å². The molecule has 2 N–H and O–H groups in total. The summed E-state index contributed by atoms with van der Waals surface area (Å²) in [5, 5.41) is 21.3. The number of aliphatic hydroxyl groups is 2. The summed E-state index contributed by atoms with van der Waals surface area (Å²) < 4.78 is 12.6. The van der Waals surface area contributed by atoms with Gasteiger partial charge in [0.25, 0.3) is 0 Å². The van der Waals surface area contributed by atoms with E-state index in [1.807, 2.05) is 13.0 Å². The highest BCUT2D eigenvalue weighted by Crippen LogP contribution is 2.70. The zero-order valence-corrected chi connectivity index (χ0v) is 18.2. The first-order valence-corrected chi connectivity index (χ1v) is 11.1. The van der Waals surface area contributed by atoms with Gasteiger partial charge in [0, 0.05) is 16.7 Å². The number of ether oxygens (including phenoxy) is 2. The zero-order chi connectivity index (χ0) is 21.7. The van der Waals surface area contributed by atoms with Crippen LogP contribution in [0.1, 0.15) is 53.4 Å². The van der Waals surface area contributed by atoms with Gasteiger partial charge in [-0.1, -0.05) is 25.5 Å².